The summed E-state index contributed by atoms with van der Waals surface area (Å²) in [5.74, 6) is -0.685. The number of halogens is 1. The predicted molar refractivity (Wildman–Crippen MR) is 114 cm³/mol. The molecule has 0 aliphatic heterocycles. The number of anilines is 1. The number of rotatable bonds is 8. The zero-order chi connectivity index (χ0) is 21.3. The second kappa shape index (κ2) is 10.2. The number of carbonyl (C=O) groups is 2. The highest BCUT2D eigenvalue weighted by Crippen LogP contribution is 2.17. The molecule has 0 heterocycles. The van der Waals surface area contributed by atoms with Crippen molar-refractivity contribution in [2.75, 3.05) is 11.9 Å². The molecule has 0 aliphatic carbocycles. The van der Waals surface area contributed by atoms with E-state index in [-0.39, 0.29) is 11.7 Å². The van der Waals surface area contributed by atoms with Crippen LogP contribution in [0.3, 0.4) is 0 Å². The molecule has 0 saturated heterocycles. The van der Waals surface area contributed by atoms with Crippen LogP contribution in [0.2, 0.25) is 0 Å². The molecule has 1 unspecified atom stereocenters. The lowest BCUT2D eigenvalue weighted by Crippen LogP contribution is -2.32. The van der Waals surface area contributed by atoms with E-state index in [1.165, 1.54) is 24.3 Å². The number of nitrogens with one attached hydrogen (secondary N) is 2. The van der Waals surface area contributed by atoms with Crippen LogP contribution in [-0.4, -0.2) is 24.5 Å². The van der Waals surface area contributed by atoms with Crippen LogP contribution in [0, 0.1) is 5.82 Å². The van der Waals surface area contributed by atoms with Crippen molar-refractivity contribution in [3.05, 3.63) is 95.8 Å². The Morgan fingerprint density at radius 3 is 2.33 bits per heavy atom. The Morgan fingerprint density at radius 2 is 1.60 bits per heavy atom. The van der Waals surface area contributed by atoms with E-state index in [0.29, 0.717) is 30.0 Å². The van der Waals surface area contributed by atoms with Crippen molar-refractivity contribution >= 4 is 17.5 Å². The Labute approximate surface area is 174 Å². The molecule has 3 aromatic carbocycles. The second-order valence-corrected chi connectivity index (χ2v) is 6.74. The van der Waals surface area contributed by atoms with Crippen molar-refractivity contribution in [1.29, 1.82) is 0 Å². The minimum atomic E-state index is -0.829. The van der Waals surface area contributed by atoms with Crippen molar-refractivity contribution in [3.8, 4) is 5.75 Å². The van der Waals surface area contributed by atoms with Gasteiger partial charge in [-0.2, -0.15) is 0 Å². The molecule has 2 amide bonds. The molecule has 30 heavy (non-hydrogen) atoms. The molecular weight excluding hydrogens is 383 g/mol. The summed E-state index contributed by atoms with van der Waals surface area (Å²) < 4.78 is 18.5. The molecule has 0 fully saturated rings. The molecule has 0 aromatic heterocycles. The van der Waals surface area contributed by atoms with E-state index in [2.05, 4.69) is 10.6 Å². The zero-order valence-corrected chi connectivity index (χ0v) is 16.6. The number of hydrogen-bond acceptors (Lipinski definition) is 3. The van der Waals surface area contributed by atoms with Gasteiger partial charge in [-0.05, 0) is 55.3 Å². The quantitative estimate of drug-likeness (QED) is 0.589. The molecule has 3 rings (SSSR count). The number of amides is 2. The van der Waals surface area contributed by atoms with Crippen molar-refractivity contribution < 1.29 is 18.7 Å². The van der Waals surface area contributed by atoms with Crippen LogP contribution in [-0.2, 0) is 11.2 Å². The summed E-state index contributed by atoms with van der Waals surface area (Å²) in [6, 6.07) is 22.1. The Balaban J connectivity index is 1.58. The highest BCUT2D eigenvalue weighted by atomic mass is 19.1. The third kappa shape index (κ3) is 5.91. The van der Waals surface area contributed by atoms with E-state index in [0.717, 1.165) is 5.56 Å². The fourth-order valence-electron chi connectivity index (χ4n) is 2.86. The first kappa shape index (κ1) is 21.0. The molecule has 0 spiro atoms. The highest BCUT2D eigenvalue weighted by molar-refractivity contribution is 6.04. The fourth-order valence-corrected chi connectivity index (χ4v) is 2.86. The Kier molecular flexibility index (Phi) is 7.16. The van der Waals surface area contributed by atoms with Crippen molar-refractivity contribution in [2.24, 2.45) is 0 Å². The van der Waals surface area contributed by atoms with Gasteiger partial charge in [-0.25, -0.2) is 4.39 Å². The van der Waals surface area contributed by atoms with E-state index in [1.807, 2.05) is 30.3 Å². The highest BCUT2D eigenvalue weighted by Gasteiger charge is 2.18. The summed E-state index contributed by atoms with van der Waals surface area (Å²) in [5, 5.41) is 5.61. The summed E-state index contributed by atoms with van der Waals surface area (Å²) in [6.07, 6.45) is -0.117. The number of carbonyl (C=O) groups excluding carboxylic acids is 2. The third-order valence-corrected chi connectivity index (χ3v) is 4.47. The van der Waals surface area contributed by atoms with Gasteiger partial charge in [0.2, 0.25) is 0 Å². The van der Waals surface area contributed by atoms with Gasteiger partial charge in [0, 0.05) is 6.54 Å². The average molecular weight is 406 g/mol. The summed E-state index contributed by atoms with van der Waals surface area (Å²) >= 11 is 0. The van der Waals surface area contributed by atoms with Gasteiger partial charge < -0.3 is 15.4 Å². The average Bonchev–Trinajstić information content (AvgIpc) is 2.76. The first-order valence-electron chi connectivity index (χ1n) is 9.67. The van der Waals surface area contributed by atoms with Crippen molar-refractivity contribution in [2.45, 2.75) is 19.4 Å². The molecule has 5 nitrogen and oxygen atoms in total. The maximum atomic E-state index is 13.0. The Hall–Kier alpha value is -3.67. The van der Waals surface area contributed by atoms with Crippen LogP contribution in [0.4, 0.5) is 10.1 Å². The lowest BCUT2D eigenvalue weighted by atomic mass is 10.1. The largest absolute Gasteiger partial charge is 0.481 e. The topological polar surface area (TPSA) is 67.4 Å². The molecule has 2 N–H and O–H groups in total. The second-order valence-electron chi connectivity index (χ2n) is 6.74. The Bertz CT molecular complexity index is 991. The van der Waals surface area contributed by atoms with Gasteiger partial charge in [-0.1, -0.05) is 42.5 Å². The standard InChI is InChI=1S/C24H23FN2O3/c1-17(30-20-13-11-19(25)12-14-20)23(28)27-22-10-6-5-9-21(22)24(29)26-16-15-18-7-3-2-4-8-18/h2-14,17H,15-16H2,1H3,(H,26,29)(H,27,28). The predicted octanol–water partition coefficient (Wildman–Crippen LogP) is 4.20. The van der Waals surface area contributed by atoms with Gasteiger partial charge in [-0.15, -0.1) is 0 Å². The van der Waals surface area contributed by atoms with E-state index in [4.69, 9.17) is 4.74 Å². The van der Waals surface area contributed by atoms with Crippen LogP contribution in [0.1, 0.15) is 22.8 Å². The van der Waals surface area contributed by atoms with Gasteiger partial charge in [-0.3, -0.25) is 9.59 Å². The van der Waals surface area contributed by atoms with E-state index in [1.54, 1.807) is 31.2 Å². The molecule has 3 aromatic rings. The molecule has 1 atom stereocenters. The minimum absolute atomic E-state index is 0.270. The summed E-state index contributed by atoms with van der Waals surface area (Å²) in [7, 11) is 0. The van der Waals surface area contributed by atoms with Gasteiger partial charge in [0.25, 0.3) is 11.8 Å². The molecule has 0 saturated carbocycles. The van der Waals surface area contributed by atoms with E-state index >= 15 is 0 Å². The van der Waals surface area contributed by atoms with Gasteiger partial charge in [0.05, 0.1) is 11.3 Å². The Morgan fingerprint density at radius 1 is 0.933 bits per heavy atom. The summed E-state index contributed by atoms with van der Waals surface area (Å²) in [5.41, 5.74) is 1.90. The smallest absolute Gasteiger partial charge is 0.265 e. The molecule has 154 valence electrons. The lowest BCUT2D eigenvalue weighted by molar-refractivity contribution is -0.122. The van der Waals surface area contributed by atoms with Crippen LogP contribution in [0.25, 0.3) is 0 Å². The van der Waals surface area contributed by atoms with Gasteiger partial charge in [0.15, 0.2) is 6.10 Å². The van der Waals surface area contributed by atoms with Crippen LogP contribution >= 0.6 is 0 Å². The fraction of sp³-hybridized carbons (Fsp3) is 0.167. The maximum Gasteiger partial charge on any atom is 0.265 e. The van der Waals surface area contributed by atoms with Crippen LogP contribution in [0.15, 0.2) is 78.9 Å². The van der Waals surface area contributed by atoms with E-state index < -0.39 is 12.0 Å². The molecule has 0 bridgehead atoms. The summed E-state index contributed by atoms with van der Waals surface area (Å²) in [4.78, 5) is 25.1. The van der Waals surface area contributed by atoms with Crippen molar-refractivity contribution in [3.63, 3.8) is 0 Å². The zero-order valence-electron chi connectivity index (χ0n) is 16.6. The number of benzene rings is 3. The first-order chi connectivity index (χ1) is 14.5. The lowest BCUT2D eigenvalue weighted by Gasteiger charge is -2.16. The number of hydrogen-bond donors (Lipinski definition) is 2. The normalized spacial score (nSPS) is 11.4. The maximum absolute atomic E-state index is 13.0. The van der Waals surface area contributed by atoms with Gasteiger partial charge >= 0.3 is 0 Å². The molecule has 0 radical (unpaired) electrons. The van der Waals surface area contributed by atoms with Crippen LogP contribution in [0.5, 0.6) is 5.75 Å². The first-order valence-corrected chi connectivity index (χ1v) is 9.67. The van der Waals surface area contributed by atoms with Crippen molar-refractivity contribution in [1.82, 2.24) is 5.32 Å². The SMILES string of the molecule is CC(Oc1ccc(F)cc1)C(=O)Nc1ccccc1C(=O)NCCc1ccccc1. The minimum Gasteiger partial charge on any atom is -0.481 e. The van der Waals surface area contributed by atoms with Crippen LogP contribution < -0.4 is 15.4 Å². The molecular formula is C24H23FN2O3. The molecule has 6 heteroatoms. The van der Waals surface area contributed by atoms with E-state index in [9.17, 15) is 14.0 Å². The third-order valence-electron chi connectivity index (χ3n) is 4.47. The summed E-state index contributed by atoms with van der Waals surface area (Å²) in [6.45, 7) is 2.07. The number of para-hydroxylation sites is 1. The monoisotopic (exact) mass is 406 g/mol. The number of ether oxygens (including phenoxy) is 1. The molecule has 0 aliphatic rings. The van der Waals surface area contributed by atoms with Gasteiger partial charge in [0.1, 0.15) is 11.6 Å².